The summed E-state index contributed by atoms with van der Waals surface area (Å²) in [5, 5.41) is 2.97. The van der Waals surface area contributed by atoms with Crippen LogP contribution in [0.2, 0.25) is 0 Å². The van der Waals surface area contributed by atoms with E-state index in [0.29, 0.717) is 11.4 Å². The number of aryl methyl sites for hydroxylation is 2. The van der Waals surface area contributed by atoms with E-state index in [-0.39, 0.29) is 5.91 Å². The molecular formula is C20H18N4O. The molecule has 1 amide bonds. The average Bonchev–Trinajstić information content (AvgIpc) is 3.30. The van der Waals surface area contributed by atoms with E-state index in [1.807, 2.05) is 59.3 Å². The summed E-state index contributed by atoms with van der Waals surface area (Å²) in [5.41, 5.74) is 4.27. The van der Waals surface area contributed by atoms with Crippen LogP contribution in [0.1, 0.15) is 16.1 Å². The minimum atomic E-state index is -0.131. The lowest BCUT2D eigenvalue weighted by atomic mass is 10.1. The fourth-order valence-corrected chi connectivity index (χ4v) is 2.96. The summed E-state index contributed by atoms with van der Waals surface area (Å²) >= 11 is 0. The Morgan fingerprint density at radius 1 is 1.04 bits per heavy atom. The van der Waals surface area contributed by atoms with Crippen LogP contribution in [0.4, 0.5) is 5.69 Å². The summed E-state index contributed by atoms with van der Waals surface area (Å²) in [4.78, 5) is 20.0. The molecule has 0 saturated heterocycles. The number of rotatable bonds is 5. The molecule has 4 rings (SSSR count). The first-order chi connectivity index (χ1) is 12.3. The third-order valence-electron chi connectivity index (χ3n) is 4.24. The first-order valence-electron chi connectivity index (χ1n) is 8.24. The second-order valence-corrected chi connectivity index (χ2v) is 5.88. The van der Waals surface area contributed by atoms with Crippen molar-refractivity contribution in [1.29, 1.82) is 0 Å². The van der Waals surface area contributed by atoms with E-state index in [1.54, 1.807) is 6.33 Å². The van der Waals surface area contributed by atoms with E-state index in [1.165, 1.54) is 5.56 Å². The van der Waals surface area contributed by atoms with Crippen LogP contribution in [0.25, 0.3) is 11.0 Å². The van der Waals surface area contributed by atoms with Crippen LogP contribution in [0.15, 0.2) is 73.2 Å². The van der Waals surface area contributed by atoms with Crippen molar-refractivity contribution in [3.05, 3.63) is 84.4 Å². The molecule has 0 fully saturated rings. The zero-order valence-electron chi connectivity index (χ0n) is 13.6. The first-order valence-corrected chi connectivity index (χ1v) is 8.24. The van der Waals surface area contributed by atoms with Crippen molar-refractivity contribution < 1.29 is 4.79 Å². The highest BCUT2D eigenvalue weighted by molar-refractivity contribution is 6.07. The molecule has 0 spiro atoms. The molecule has 5 heteroatoms. The number of carbonyl (C=O) groups is 1. The number of H-pyrrole nitrogens is 1. The van der Waals surface area contributed by atoms with Gasteiger partial charge in [0, 0.05) is 12.7 Å². The van der Waals surface area contributed by atoms with Gasteiger partial charge < -0.3 is 14.9 Å². The van der Waals surface area contributed by atoms with E-state index in [4.69, 9.17) is 0 Å². The van der Waals surface area contributed by atoms with Crippen molar-refractivity contribution in [3.63, 3.8) is 0 Å². The number of aromatic amines is 1. The number of fused-ring (bicyclic) bond motifs is 1. The lowest BCUT2D eigenvalue weighted by molar-refractivity contribution is 0.101. The molecule has 25 heavy (non-hydrogen) atoms. The van der Waals surface area contributed by atoms with Gasteiger partial charge in [-0.15, -0.1) is 0 Å². The number of anilines is 1. The second kappa shape index (κ2) is 6.65. The summed E-state index contributed by atoms with van der Waals surface area (Å²) in [7, 11) is 0. The van der Waals surface area contributed by atoms with E-state index in [2.05, 4.69) is 27.4 Å². The summed E-state index contributed by atoms with van der Waals surface area (Å²) in [6.45, 7) is 0.756. The van der Waals surface area contributed by atoms with Gasteiger partial charge in [0.25, 0.3) is 5.91 Å². The highest BCUT2D eigenvalue weighted by Crippen LogP contribution is 2.20. The molecule has 4 aromatic rings. The Morgan fingerprint density at radius 3 is 2.80 bits per heavy atom. The number of imidazole rings is 1. The van der Waals surface area contributed by atoms with E-state index < -0.39 is 0 Å². The largest absolute Gasteiger partial charge is 0.345 e. The molecule has 2 N–H and O–H groups in total. The number of benzene rings is 2. The molecule has 2 aromatic carbocycles. The van der Waals surface area contributed by atoms with Gasteiger partial charge in [0.05, 0.1) is 17.5 Å². The number of hydrogen-bond donors (Lipinski definition) is 2. The van der Waals surface area contributed by atoms with Crippen molar-refractivity contribution in [1.82, 2.24) is 14.5 Å². The van der Waals surface area contributed by atoms with Crippen molar-refractivity contribution in [2.24, 2.45) is 0 Å². The molecule has 0 saturated carbocycles. The molecule has 0 unspecified atom stereocenters. The summed E-state index contributed by atoms with van der Waals surface area (Å²) < 4.78 is 1.98. The summed E-state index contributed by atoms with van der Waals surface area (Å²) in [6.07, 6.45) is 4.45. The van der Waals surface area contributed by atoms with E-state index in [0.717, 1.165) is 24.0 Å². The fraction of sp³-hybridized carbons (Fsp3) is 0.100. The van der Waals surface area contributed by atoms with Gasteiger partial charge in [-0.1, -0.05) is 36.4 Å². The standard InChI is InChI=1S/C20H18N4O/c25-20(23-17-9-4-8-16-19(17)22-14-21-16)18-10-5-12-24(18)13-11-15-6-2-1-3-7-15/h1-10,12,14H,11,13H2,(H,21,22)(H,23,25). The smallest absolute Gasteiger partial charge is 0.272 e. The Balaban J connectivity index is 1.51. The van der Waals surface area contributed by atoms with E-state index >= 15 is 0 Å². The van der Waals surface area contributed by atoms with Gasteiger partial charge in [-0.25, -0.2) is 4.98 Å². The van der Waals surface area contributed by atoms with Gasteiger partial charge in [-0.2, -0.15) is 0 Å². The number of carbonyl (C=O) groups excluding carboxylic acids is 1. The average molecular weight is 330 g/mol. The minimum Gasteiger partial charge on any atom is -0.345 e. The van der Waals surface area contributed by atoms with Crippen molar-refractivity contribution in [3.8, 4) is 0 Å². The molecule has 2 heterocycles. The predicted molar refractivity (Wildman–Crippen MR) is 98.6 cm³/mol. The van der Waals surface area contributed by atoms with Crippen LogP contribution in [0, 0.1) is 0 Å². The zero-order chi connectivity index (χ0) is 17.1. The third kappa shape index (κ3) is 3.17. The Kier molecular flexibility index (Phi) is 4.04. The van der Waals surface area contributed by atoms with Crippen LogP contribution in [0.5, 0.6) is 0 Å². The minimum absolute atomic E-state index is 0.131. The van der Waals surface area contributed by atoms with Gasteiger partial charge in [-0.05, 0) is 36.2 Å². The van der Waals surface area contributed by atoms with Crippen molar-refractivity contribution >= 4 is 22.6 Å². The molecule has 0 aliphatic carbocycles. The van der Waals surface area contributed by atoms with Crippen LogP contribution in [-0.2, 0) is 13.0 Å². The maximum Gasteiger partial charge on any atom is 0.272 e. The SMILES string of the molecule is O=C(Nc1cccc2[nH]cnc12)c1cccn1CCc1ccccc1. The number of para-hydroxylation sites is 1. The summed E-state index contributed by atoms with van der Waals surface area (Å²) in [6, 6.07) is 19.7. The highest BCUT2D eigenvalue weighted by atomic mass is 16.1. The quantitative estimate of drug-likeness (QED) is 0.584. The lowest BCUT2D eigenvalue weighted by Gasteiger charge is -2.10. The first kappa shape index (κ1) is 15.2. The van der Waals surface area contributed by atoms with Crippen LogP contribution >= 0.6 is 0 Å². The van der Waals surface area contributed by atoms with Gasteiger partial charge in [0.1, 0.15) is 11.2 Å². The highest BCUT2D eigenvalue weighted by Gasteiger charge is 2.13. The third-order valence-corrected chi connectivity index (χ3v) is 4.24. The molecule has 0 radical (unpaired) electrons. The van der Waals surface area contributed by atoms with Crippen LogP contribution in [-0.4, -0.2) is 20.4 Å². The number of amides is 1. The normalized spacial score (nSPS) is 10.9. The predicted octanol–water partition coefficient (Wildman–Crippen LogP) is 3.86. The molecular weight excluding hydrogens is 312 g/mol. The van der Waals surface area contributed by atoms with Crippen LogP contribution in [0.3, 0.4) is 0 Å². The molecule has 2 aromatic heterocycles. The van der Waals surface area contributed by atoms with Gasteiger partial charge in [0.2, 0.25) is 0 Å². The van der Waals surface area contributed by atoms with Gasteiger partial charge in [0.15, 0.2) is 0 Å². The Morgan fingerprint density at radius 2 is 1.92 bits per heavy atom. The number of nitrogens with zero attached hydrogens (tertiary/aromatic N) is 2. The Bertz CT molecular complexity index is 1000. The molecule has 5 nitrogen and oxygen atoms in total. The summed E-state index contributed by atoms with van der Waals surface area (Å²) in [5.74, 6) is -0.131. The van der Waals surface area contributed by atoms with Gasteiger partial charge >= 0.3 is 0 Å². The number of aromatic nitrogens is 3. The van der Waals surface area contributed by atoms with Crippen molar-refractivity contribution in [2.75, 3.05) is 5.32 Å². The second-order valence-electron chi connectivity index (χ2n) is 5.88. The Hall–Kier alpha value is -3.34. The molecule has 0 atom stereocenters. The van der Waals surface area contributed by atoms with E-state index in [9.17, 15) is 4.79 Å². The topological polar surface area (TPSA) is 62.7 Å². The zero-order valence-corrected chi connectivity index (χ0v) is 13.6. The van der Waals surface area contributed by atoms with Gasteiger partial charge in [-0.3, -0.25) is 4.79 Å². The molecule has 124 valence electrons. The van der Waals surface area contributed by atoms with Crippen LogP contribution < -0.4 is 5.32 Å². The number of nitrogens with one attached hydrogen (secondary N) is 2. The Labute approximate surface area is 145 Å². The fourth-order valence-electron chi connectivity index (χ4n) is 2.96. The molecule has 0 aliphatic rings. The maximum atomic E-state index is 12.7. The monoisotopic (exact) mass is 330 g/mol. The lowest BCUT2D eigenvalue weighted by Crippen LogP contribution is -2.17. The number of hydrogen-bond acceptors (Lipinski definition) is 2. The van der Waals surface area contributed by atoms with Crippen molar-refractivity contribution in [2.45, 2.75) is 13.0 Å². The maximum absolute atomic E-state index is 12.7. The molecule has 0 bridgehead atoms. The molecule has 0 aliphatic heterocycles.